The summed E-state index contributed by atoms with van der Waals surface area (Å²) in [6, 6.07) is 0. The highest BCUT2D eigenvalue weighted by molar-refractivity contribution is 7.89. The average Bonchev–Trinajstić information content (AvgIpc) is 2.11. The minimum atomic E-state index is -5.44. The number of ether oxygens (including phenoxy) is 1. The molecule has 0 aliphatic rings. The van der Waals surface area contributed by atoms with Gasteiger partial charge in [0.05, 0.1) is 0 Å². The summed E-state index contributed by atoms with van der Waals surface area (Å²) >= 11 is 0. The lowest BCUT2D eigenvalue weighted by atomic mass is 10.4. The van der Waals surface area contributed by atoms with Gasteiger partial charge in [-0.05, 0) is 9.91 Å². The second-order valence-corrected chi connectivity index (χ2v) is 4.47. The van der Waals surface area contributed by atoms with Crippen LogP contribution in [0.25, 0.3) is 0 Å². The monoisotopic (exact) mass is 303 g/mol. The van der Waals surface area contributed by atoms with Crippen molar-refractivity contribution in [2.24, 2.45) is 5.14 Å². The number of sulfonamides is 1. The van der Waals surface area contributed by atoms with Gasteiger partial charge in [0.1, 0.15) is 0 Å². The van der Waals surface area contributed by atoms with Crippen molar-refractivity contribution < 1.29 is 36.4 Å². The minimum absolute atomic E-state index is 0.265. The van der Waals surface area contributed by atoms with Crippen LogP contribution in [0.5, 0.6) is 11.5 Å². The van der Waals surface area contributed by atoms with Crippen molar-refractivity contribution in [3.63, 3.8) is 0 Å². The maximum absolute atomic E-state index is 12.1. The normalized spacial score (nSPS) is 12.2. The van der Waals surface area contributed by atoms with E-state index in [-0.39, 0.29) is 6.20 Å². The van der Waals surface area contributed by atoms with Crippen LogP contribution in [0, 0.1) is 10.1 Å². The van der Waals surface area contributed by atoms with Gasteiger partial charge in [-0.25, -0.2) is 13.6 Å². The maximum Gasteiger partial charge on any atom is 0.573 e. The molecule has 1 aromatic rings. The number of nitrogens with two attached hydrogens (primary N) is 1. The van der Waals surface area contributed by atoms with Crippen molar-refractivity contribution in [3.05, 3.63) is 16.3 Å². The number of primary sulfonamides is 1. The summed E-state index contributed by atoms with van der Waals surface area (Å²) in [6.45, 7) is 0. The van der Waals surface area contributed by atoms with Gasteiger partial charge in [0.2, 0.25) is 10.0 Å². The molecule has 0 fully saturated rings. The van der Waals surface area contributed by atoms with Crippen LogP contribution in [0.4, 0.5) is 19.0 Å². The summed E-state index contributed by atoms with van der Waals surface area (Å²) in [5, 5.41) is 24.2. The van der Waals surface area contributed by atoms with E-state index >= 15 is 0 Å². The van der Waals surface area contributed by atoms with Gasteiger partial charge in [-0.3, -0.25) is 0 Å². The smallest absolute Gasteiger partial charge is 0.503 e. The summed E-state index contributed by atoms with van der Waals surface area (Å²) in [5.41, 5.74) is 0. The third-order valence-electron chi connectivity index (χ3n) is 1.63. The molecule has 0 spiro atoms. The van der Waals surface area contributed by atoms with Crippen LogP contribution in [0.15, 0.2) is 11.1 Å². The Hall–Kier alpha value is -2.15. The largest absolute Gasteiger partial charge is 0.573 e. The highest BCUT2D eigenvalue weighted by Gasteiger charge is 2.40. The Bertz CT molecular complexity index is 628. The Balaban J connectivity index is 3.70. The molecule has 0 unspecified atom stereocenters. The molecule has 0 atom stereocenters. The lowest BCUT2D eigenvalue weighted by Crippen LogP contribution is -2.22. The molecule has 0 bridgehead atoms. The number of pyridine rings is 1. The van der Waals surface area contributed by atoms with Crippen molar-refractivity contribution >= 4 is 15.8 Å². The van der Waals surface area contributed by atoms with E-state index in [9.17, 15) is 31.7 Å². The van der Waals surface area contributed by atoms with Crippen molar-refractivity contribution in [3.8, 4) is 11.5 Å². The van der Waals surface area contributed by atoms with E-state index in [2.05, 4.69) is 14.9 Å². The number of aromatic nitrogens is 1. The van der Waals surface area contributed by atoms with Crippen molar-refractivity contribution in [1.29, 1.82) is 0 Å². The number of aromatic hydroxyl groups is 1. The van der Waals surface area contributed by atoms with Gasteiger partial charge >= 0.3 is 12.2 Å². The fraction of sp³-hybridized carbons (Fsp3) is 0.167. The number of hydrogen-bond donors (Lipinski definition) is 2. The number of rotatable bonds is 3. The first-order chi connectivity index (χ1) is 8.43. The van der Waals surface area contributed by atoms with E-state index in [1.807, 2.05) is 0 Å². The van der Waals surface area contributed by atoms with E-state index in [4.69, 9.17) is 5.11 Å². The van der Waals surface area contributed by atoms with E-state index in [1.54, 1.807) is 0 Å². The van der Waals surface area contributed by atoms with E-state index < -0.39 is 43.5 Å². The van der Waals surface area contributed by atoms with E-state index in [1.165, 1.54) is 0 Å². The van der Waals surface area contributed by atoms with Crippen LogP contribution in [0.3, 0.4) is 0 Å². The summed E-state index contributed by atoms with van der Waals surface area (Å²) in [5.74, 6) is -4.67. The molecule has 13 heteroatoms. The summed E-state index contributed by atoms with van der Waals surface area (Å²) in [7, 11) is -4.91. The fourth-order valence-corrected chi connectivity index (χ4v) is 1.81. The number of hydrogen-bond acceptors (Lipinski definition) is 7. The van der Waals surface area contributed by atoms with Crippen molar-refractivity contribution in [1.82, 2.24) is 4.98 Å². The lowest BCUT2D eigenvalue weighted by Gasteiger charge is -2.12. The molecule has 106 valence electrons. The molecule has 3 N–H and O–H groups in total. The van der Waals surface area contributed by atoms with Gasteiger partial charge in [0.15, 0.2) is 16.8 Å². The maximum atomic E-state index is 12.1. The van der Waals surface area contributed by atoms with E-state index in [0.717, 1.165) is 0 Å². The average molecular weight is 303 g/mol. The molecule has 0 radical (unpaired) electrons. The molecule has 0 aliphatic heterocycles. The summed E-state index contributed by atoms with van der Waals surface area (Å²) in [4.78, 5) is 10.3. The van der Waals surface area contributed by atoms with Crippen LogP contribution < -0.4 is 9.88 Å². The molecular formula is C6H4F3N3O6S. The van der Waals surface area contributed by atoms with Gasteiger partial charge in [-0.15, -0.1) is 13.2 Å². The highest BCUT2D eigenvalue weighted by atomic mass is 32.2. The Kier molecular flexibility index (Phi) is 3.54. The van der Waals surface area contributed by atoms with Gasteiger partial charge in [0.25, 0.3) is 5.75 Å². The van der Waals surface area contributed by atoms with Crippen LogP contribution in [-0.4, -0.2) is 29.8 Å². The zero-order valence-electron chi connectivity index (χ0n) is 8.58. The third-order valence-corrected chi connectivity index (χ3v) is 2.59. The van der Waals surface area contributed by atoms with Crippen molar-refractivity contribution in [2.75, 3.05) is 0 Å². The molecule has 1 heterocycles. The predicted molar refractivity (Wildman–Crippen MR) is 50.6 cm³/mol. The first-order valence-electron chi connectivity index (χ1n) is 4.08. The second kappa shape index (κ2) is 4.51. The Labute approximate surface area is 102 Å². The molecule has 1 rings (SSSR count). The standard InChI is InChI=1S/C6H4F3N3O6S/c7-6(8,9)18-3-4(19(10,16)17)2(13)1-11-5(3)12(14)15/h1,13H,(H2,10,16,17). The molecule has 0 saturated carbocycles. The van der Waals surface area contributed by atoms with Crippen LogP contribution in [-0.2, 0) is 10.0 Å². The van der Waals surface area contributed by atoms with Crippen LogP contribution in [0.1, 0.15) is 0 Å². The van der Waals surface area contributed by atoms with Gasteiger partial charge in [-0.2, -0.15) is 0 Å². The zero-order valence-corrected chi connectivity index (χ0v) is 9.40. The Morgan fingerprint density at radius 2 is 2.00 bits per heavy atom. The number of halogens is 3. The molecule has 0 saturated heterocycles. The lowest BCUT2D eigenvalue weighted by molar-refractivity contribution is -0.393. The first-order valence-corrected chi connectivity index (χ1v) is 5.63. The molecular weight excluding hydrogens is 299 g/mol. The SMILES string of the molecule is NS(=O)(=O)c1c(O)cnc([N+](=O)[O-])c1OC(F)(F)F. The Morgan fingerprint density at radius 3 is 2.37 bits per heavy atom. The van der Waals surface area contributed by atoms with Crippen LogP contribution >= 0.6 is 0 Å². The molecule has 0 amide bonds. The van der Waals surface area contributed by atoms with Crippen LogP contribution in [0.2, 0.25) is 0 Å². The molecule has 19 heavy (non-hydrogen) atoms. The van der Waals surface area contributed by atoms with Gasteiger partial charge < -0.3 is 20.0 Å². The third kappa shape index (κ3) is 3.41. The number of alkyl halides is 3. The number of nitro groups is 1. The zero-order chi connectivity index (χ0) is 15.0. The topological polar surface area (TPSA) is 146 Å². The van der Waals surface area contributed by atoms with E-state index in [0.29, 0.717) is 0 Å². The quantitative estimate of drug-likeness (QED) is 0.600. The highest BCUT2D eigenvalue weighted by Crippen LogP contribution is 2.40. The summed E-state index contributed by atoms with van der Waals surface area (Å²) < 4.78 is 61.6. The first kappa shape index (κ1) is 14.9. The molecule has 0 aliphatic carbocycles. The minimum Gasteiger partial charge on any atom is -0.503 e. The second-order valence-electron chi connectivity index (χ2n) is 2.98. The van der Waals surface area contributed by atoms with Gasteiger partial charge in [0, 0.05) is 0 Å². The molecule has 0 aromatic carbocycles. The molecule has 1 aromatic heterocycles. The molecule has 9 nitrogen and oxygen atoms in total. The van der Waals surface area contributed by atoms with Crippen molar-refractivity contribution in [2.45, 2.75) is 11.3 Å². The fourth-order valence-electron chi connectivity index (χ4n) is 1.07. The van der Waals surface area contributed by atoms with Gasteiger partial charge in [-0.1, -0.05) is 0 Å². The predicted octanol–water partition coefficient (Wildman–Crippen LogP) is 0.241. The summed E-state index contributed by atoms with van der Waals surface area (Å²) in [6.07, 6.45) is -5.18. The number of nitrogens with zero attached hydrogens (tertiary/aromatic N) is 2. The Morgan fingerprint density at radius 1 is 1.47 bits per heavy atom.